The van der Waals surface area contributed by atoms with E-state index in [9.17, 15) is 4.79 Å². The van der Waals surface area contributed by atoms with Gasteiger partial charge in [-0.2, -0.15) is 4.98 Å². The Labute approximate surface area is 161 Å². The molecule has 6 nitrogen and oxygen atoms in total. The Kier molecular flexibility index (Phi) is 4.81. The molecule has 138 valence electrons. The number of carbonyl (C=O) groups excluding carboxylic acids is 1. The number of carbonyl (C=O) groups is 1. The molecule has 1 atom stereocenters. The zero-order valence-electron chi connectivity index (χ0n) is 14.8. The summed E-state index contributed by atoms with van der Waals surface area (Å²) < 4.78 is 10.4. The van der Waals surface area contributed by atoms with E-state index < -0.39 is 0 Å². The fraction of sp³-hybridized carbons (Fsp3) is 0.250. The van der Waals surface area contributed by atoms with E-state index in [4.69, 9.17) is 20.9 Å². The molecular weight excluding hydrogens is 366 g/mol. The van der Waals surface area contributed by atoms with Crippen molar-refractivity contribution < 1.29 is 14.1 Å². The minimum atomic E-state index is -0.241. The van der Waals surface area contributed by atoms with E-state index in [1.54, 1.807) is 12.1 Å². The largest absolute Gasteiger partial charge is 0.469 e. The molecule has 1 aliphatic heterocycles. The number of hydrogen-bond acceptors (Lipinski definition) is 6. The van der Waals surface area contributed by atoms with Gasteiger partial charge in [-0.15, -0.1) is 0 Å². The highest BCUT2D eigenvalue weighted by atomic mass is 35.5. The molecular formula is C20H18ClN3O3. The first-order chi connectivity index (χ1) is 13.2. The van der Waals surface area contributed by atoms with Gasteiger partial charge in [-0.1, -0.05) is 35.0 Å². The number of nitrogens with zero attached hydrogens (tertiary/aromatic N) is 3. The predicted molar refractivity (Wildman–Crippen MR) is 102 cm³/mol. The lowest BCUT2D eigenvalue weighted by atomic mass is 9.90. The molecule has 0 radical (unpaired) electrons. The number of anilines is 1. The summed E-state index contributed by atoms with van der Waals surface area (Å²) in [5.41, 5.74) is 2.80. The number of fused-ring (bicyclic) bond motifs is 1. The van der Waals surface area contributed by atoms with Crippen molar-refractivity contribution in [1.29, 1.82) is 0 Å². The van der Waals surface area contributed by atoms with Crippen LogP contribution in [0.15, 0.2) is 53.1 Å². The van der Waals surface area contributed by atoms with Crippen molar-refractivity contribution in [2.45, 2.75) is 18.9 Å². The third-order valence-electron chi connectivity index (χ3n) is 4.72. The third-order valence-corrected chi connectivity index (χ3v) is 4.97. The standard InChI is InChI=1S/C20H18ClN3O3/c1-26-20(25)16-10-11-24(17-5-3-2-4-15(16)17)12-18-22-19(23-27-18)13-6-8-14(21)9-7-13/h2-9,16H,10-12H2,1H3/t16-/m1/s1. The molecule has 27 heavy (non-hydrogen) atoms. The molecule has 0 fully saturated rings. The molecule has 0 saturated heterocycles. The van der Waals surface area contributed by atoms with Gasteiger partial charge >= 0.3 is 5.97 Å². The maximum Gasteiger partial charge on any atom is 0.313 e. The van der Waals surface area contributed by atoms with Gasteiger partial charge in [-0.05, 0) is 42.3 Å². The highest BCUT2D eigenvalue weighted by molar-refractivity contribution is 6.30. The monoisotopic (exact) mass is 383 g/mol. The maximum absolute atomic E-state index is 12.1. The zero-order chi connectivity index (χ0) is 18.8. The fourth-order valence-electron chi connectivity index (χ4n) is 3.38. The van der Waals surface area contributed by atoms with E-state index in [0.717, 1.165) is 16.8 Å². The van der Waals surface area contributed by atoms with Gasteiger partial charge in [0, 0.05) is 22.8 Å². The average molecular weight is 384 g/mol. The number of rotatable bonds is 4. The fourth-order valence-corrected chi connectivity index (χ4v) is 3.51. The molecule has 1 aromatic heterocycles. The van der Waals surface area contributed by atoms with Crippen LogP contribution in [0.5, 0.6) is 0 Å². The van der Waals surface area contributed by atoms with Gasteiger partial charge in [0.15, 0.2) is 0 Å². The number of halogens is 1. The normalized spacial score (nSPS) is 16.1. The van der Waals surface area contributed by atoms with Gasteiger partial charge in [0.2, 0.25) is 11.7 Å². The summed E-state index contributed by atoms with van der Waals surface area (Å²) in [5.74, 6) is 0.602. The van der Waals surface area contributed by atoms with Gasteiger partial charge in [0.25, 0.3) is 0 Å². The maximum atomic E-state index is 12.1. The second-order valence-electron chi connectivity index (χ2n) is 6.36. The molecule has 0 N–H and O–H groups in total. The van der Waals surface area contributed by atoms with Gasteiger partial charge in [-0.3, -0.25) is 4.79 Å². The molecule has 4 rings (SSSR count). The molecule has 0 unspecified atom stereocenters. The molecule has 3 aromatic rings. The van der Waals surface area contributed by atoms with Gasteiger partial charge in [0.1, 0.15) is 0 Å². The summed E-state index contributed by atoms with van der Waals surface area (Å²) >= 11 is 5.92. The zero-order valence-corrected chi connectivity index (χ0v) is 15.5. The Hall–Kier alpha value is -2.86. The SMILES string of the molecule is COC(=O)[C@@H]1CCN(Cc2nc(-c3ccc(Cl)cc3)no2)c2ccccc21. The summed E-state index contributed by atoms with van der Waals surface area (Å²) in [5, 5.41) is 4.72. The Balaban J connectivity index is 1.56. The minimum Gasteiger partial charge on any atom is -0.469 e. The van der Waals surface area contributed by atoms with E-state index in [2.05, 4.69) is 15.0 Å². The van der Waals surface area contributed by atoms with Crippen molar-refractivity contribution in [2.75, 3.05) is 18.6 Å². The average Bonchev–Trinajstić information content (AvgIpc) is 3.17. The Morgan fingerprint density at radius 2 is 2.04 bits per heavy atom. The van der Waals surface area contributed by atoms with Crippen LogP contribution >= 0.6 is 11.6 Å². The van der Waals surface area contributed by atoms with Crippen molar-refractivity contribution in [3.63, 3.8) is 0 Å². The number of aromatic nitrogens is 2. The number of esters is 1. The third kappa shape index (κ3) is 3.53. The second-order valence-corrected chi connectivity index (χ2v) is 6.80. The van der Waals surface area contributed by atoms with Crippen LogP contribution in [0.3, 0.4) is 0 Å². The molecule has 7 heteroatoms. The van der Waals surface area contributed by atoms with Crippen LogP contribution in [-0.2, 0) is 16.1 Å². The lowest BCUT2D eigenvalue weighted by Crippen LogP contribution is -2.33. The molecule has 0 bridgehead atoms. The highest BCUT2D eigenvalue weighted by Gasteiger charge is 2.31. The van der Waals surface area contributed by atoms with Crippen molar-refractivity contribution in [1.82, 2.24) is 10.1 Å². The molecule has 1 aliphatic rings. The molecule has 0 aliphatic carbocycles. The second kappa shape index (κ2) is 7.40. The van der Waals surface area contributed by atoms with Crippen molar-refractivity contribution in [3.8, 4) is 11.4 Å². The van der Waals surface area contributed by atoms with Crippen LogP contribution in [0.25, 0.3) is 11.4 Å². The number of methoxy groups -OCH3 is 1. The number of hydrogen-bond donors (Lipinski definition) is 0. The van der Waals surface area contributed by atoms with Crippen LogP contribution in [-0.4, -0.2) is 29.8 Å². The lowest BCUT2D eigenvalue weighted by Gasteiger charge is -2.33. The Morgan fingerprint density at radius 1 is 1.26 bits per heavy atom. The first-order valence-corrected chi connectivity index (χ1v) is 9.03. The quantitative estimate of drug-likeness (QED) is 0.633. The van der Waals surface area contributed by atoms with Crippen LogP contribution in [0, 0.1) is 0 Å². The number of ether oxygens (including phenoxy) is 1. The minimum absolute atomic E-state index is 0.204. The molecule has 0 spiro atoms. The first-order valence-electron chi connectivity index (χ1n) is 8.66. The summed E-state index contributed by atoms with van der Waals surface area (Å²) in [6, 6.07) is 15.2. The summed E-state index contributed by atoms with van der Waals surface area (Å²) in [7, 11) is 1.42. The summed E-state index contributed by atoms with van der Waals surface area (Å²) in [6.07, 6.45) is 0.682. The van der Waals surface area contributed by atoms with E-state index in [-0.39, 0.29) is 11.9 Å². The van der Waals surface area contributed by atoms with Crippen molar-refractivity contribution in [3.05, 3.63) is 65.0 Å². The van der Waals surface area contributed by atoms with Crippen molar-refractivity contribution in [2.24, 2.45) is 0 Å². The highest BCUT2D eigenvalue weighted by Crippen LogP contribution is 2.36. The van der Waals surface area contributed by atoms with E-state index in [1.165, 1.54) is 7.11 Å². The number of benzene rings is 2. The lowest BCUT2D eigenvalue weighted by molar-refractivity contribution is -0.142. The number of para-hydroxylation sites is 1. The molecule has 0 amide bonds. The first kappa shape index (κ1) is 17.5. The Morgan fingerprint density at radius 3 is 2.81 bits per heavy atom. The van der Waals surface area contributed by atoms with Crippen LogP contribution in [0.2, 0.25) is 5.02 Å². The molecule has 2 heterocycles. The van der Waals surface area contributed by atoms with Crippen molar-refractivity contribution >= 4 is 23.3 Å². The van der Waals surface area contributed by atoms with E-state index in [0.29, 0.717) is 36.2 Å². The van der Waals surface area contributed by atoms with E-state index in [1.807, 2.05) is 36.4 Å². The smallest absolute Gasteiger partial charge is 0.313 e. The topological polar surface area (TPSA) is 68.5 Å². The molecule has 0 saturated carbocycles. The van der Waals surface area contributed by atoms with Crippen LogP contribution in [0.1, 0.15) is 23.8 Å². The summed E-state index contributed by atoms with van der Waals surface area (Å²) in [4.78, 5) is 18.7. The molecule has 2 aromatic carbocycles. The summed E-state index contributed by atoms with van der Waals surface area (Å²) in [6.45, 7) is 1.18. The van der Waals surface area contributed by atoms with Crippen LogP contribution < -0.4 is 4.90 Å². The van der Waals surface area contributed by atoms with Gasteiger partial charge in [0.05, 0.1) is 19.6 Å². The van der Waals surface area contributed by atoms with E-state index >= 15 is 0 Å². The van der Waals surface area contributed by atoms with Crippen LogP contribution in [0.4, 0.5) is 5.69 Å². The Bertz CT molecular complexity index is 955. The van der Waals surface area contributed by atoms with Gasteiger partial charge < -0.3 is 14.2 Å². The van der Waals surface area contributed by atoms with Gasteiger partial charge in [-0.25, -0.2) is 0 Å². The predicted octanol–water partition coefficient (Wildman–Crippen LogP) is 4.06.